The van der Waals surface area contributed by atoms with Gasteiger partial charge in [0.15, 0.2) is 0 Å². The fourth-order valence-electron chi connectivity index (χ4n) is 1.45. The monoisotopic (exact) mass is 247 g/mol. The predicted octanol–water partition coefficient (Wildman–Crippen LogP) is 2.73. The lowest BCUT2D eigenvalue weighted by Gasteiger charge is -2.04. The Hall–Kier alpha value is -1.81. The minimum absolute atomic E-state index is 0.325. The number of thiophene rings is 1. The van der Waals surface area contributed by atoms with E-state index in [1.807, 2.05) is 17.5 Å². The molecule has 0 saturated heterocycles. The number of carbonyl (C=O) groups excluding carboxylic acids is 1. The van der Waals surface area contributed by atoms with Crippen LogP contribution in [-0.2, 0) is 11.2 Å². The highest BCUT2D eigenvalue weighted by atomic mass is 32.1. The van der Waals surface area contributed by atoms with E-state index in [0.717, 1.165) is 6.42 Å². The molecule has 0 fully saturated rings. The van der Waals surface area contributed by atoms with Gasteiger partial charge in [0, 0.05) is 17.0 Å². The van der Waals surface area contributed by atoms with Crippen LogP contribution in [0, 0.1) is 0 Å². The van der Waals surface area contributed by atoms with E-state index in [4.69, 9.17) is 10.5 Å². The first-order valence-corrected chi connectivity index (χ1v) is 6.19. The van der Waals surface area contributed by atoms with E-state index in [-0.39, 0.29) is 5.97 Å². The number of esters is 1. The molecule has 0 aliphatic carbocycles. The molecule has 1 heterocycles. The van der Waals surface area contributed by atoms with Crippen molar-refractivity contribution in [2.75, 3.05) is 12.3 Å². The van der Waals surface area contributed by atoms with Gasteiger partial charge in [0.05, 0.1) is 12.2 Å². The van der Waals surface area contributed by atoms with Crippen molar-refractivity contribution < 1.29 is 9.53 Å². The molecule has 4 heteroatoms. The van der Waals surface area contributed by atoms with E-state index < -0.39 is 0 Å². The Labute approximate surface area is 104 Å². The standard InChI is InChI=1S/C13H13NO2S/c14-11-4-1-3-10(9-11)13(15)16-7-6-12-5-2-8-17-12/h1-5,8-9H,6-7,14H2. The van der Waals surface area contributed by atoms with Crippen molar-refractivity contribution in [1.29, 1.82) is 0 Å². The number of rotatable bonds is 4. The molecule has 0 bridgehead atoms. The molecule has 3 nitrogen and oxygen atoms in total. The normalized spacial score (nSPS) is 10.1. The summed E-state index contributed by atoms with van der Waals surface area (Å²) in [7, 11) is 0. The summed E-state index contributed by atoms with van der Waals surface area (Å²) in [4.78, 5) is 12.9. The highest BCUT2D eigenvalue weighted by Crippen LogP contribution is 2.11. The zero-order valence-corrected chi connectivity index (χ0v) is 10.1. The van der Waals surface area contributed by atoms with Crippen molar-refractivity contribution >= 4 is 23.0 Å². The molecular weight excluding hydrogens is 234 g/mol. The van der Waals surface area contributed by atoms with Crippen LogP contribution in [-0.4, -0.2) is 12.6 Å². The van der Waals surface area contributed by atoms with Gasteiger partial charge in [-0.3, -0.25) is 0 Å². The number of hydrogen-bond donors (Lipinski definition) is 1. The summed E-state index contributed by atoms with van der Waals surface area (Å²) in [6.07, 6.45) is 0.756. The molecule has 0 unspecified atom stereocenters. The van der Waals surface area contributed by atoms with E-state index in [1.165, 1.54) is 4.88 Å². The minimum Gasteiger partial charge on any atom is -0.462 e. The maximum atomic E-state index is 11.7. The van der Waals surface area contributed by atoms with Crippen molar-refractivity contribution in [3.05, 3.63) is 52.2 Å². The van der Waals surface area contributed by atoms with Gasteiger partial charge in [-0.25, -0.2) is 4.79 Å². The van der Waals surface area contributed by atoms with E-state index in [2.05, 4.69) is 0 Å². The SMILES string of the molecule is Nc1cccc(C(=O)OCCc2cccs2)c1. The van der Waals surface area contributed by atoms with Crippen LogP contribution in [0.5, 0.6) is 0 Å². The van der Waals surface area contributed by atoms with Crippen LogP contribution < -0.4 is 5.73 Å². The molecule has 2 rings (SSSR count). The summed E-state index contributed by atoms with van der Waals surface area (Å²) in [5, 5.41) is 2.01. The Bertz CT molecular complexity index is 494. The molecule has 1 aromatic carbocycles. The number of ether oxygens (including phenoxy) is 1. The smallest absolute Gasteiger partial charge is 0.338 e. The minimum atomic E-state index is -0.325. The third kappa shape index (κ3) is 3.32. The number of anilines is 1. The second kappa shape index (κ2) is 5.50. The van der Waals surface area contributed by atoms with E-state index in [9.17, 15) is 4.79 Å². The molecular formula is C13H13NO2S. The number of nitrogen functional groups attached to an aromatic ring is 1. The van der Waals surface area contributed by atoms with Crippen molar-refractivity contribution in [3.63, 3.8) is 0 Å². The predicted molar refractivity (Wildman–Crippen MR) is 69.2 cm³/mol. The summed E-state index contributed by atoms with van der Waals surface area (Å²) in [5.74, 6) is -0.325. The van der Waals surface area contributed by atoms with Gasteiger partial charge in [0.2, 0.25) is 0 Å². The van der Waals surface area contributed by atoms with Gasteiger partial charge in [-0.05, 0) is 29.6 Å². The Morgan fingerprint density at radius 3 is 2.88 bits per heavy atom. The number of benzene rings is 1. The molecule has 0 amide bonds. The van der Waals surface area contributed by atoms with Gasteiger partial charge in [-0.1, -0.05) is 12.1 Å². The van der Waals surface area contributed by atoms with Gasteiger partial charge < -0.3 is 10.5 Å². The van der Waals surface area contributed by atoms with Gasteiger partial charge in [0.1, 0.15) is 0 Å². The molecule has 0 saturated carbocycles. The lowest BCUT2D eigenvalue weighted by Crippen LogP contribution is -2.08. The average Bonchev–Trinajstić information content (AvgIpc) is 2.82. The van der Waals surface area contributed by atoms with E-state index in [0.29, 0.717) is 17.9 Å². The van der Waals surface area contributed by atoms with E-state index >= 15 is 0 Å². The highest BCUT2D eigenvalue weighted by Gasteiger charge is 2.06. The lowest BCUT2D eigenvalue weighted by molar-refractivity contribution is 0.0510. The number of carbonyl (C=O) groups is 1. The third-order valence-electron chi connectivity index (χ3n) is 2.28. The average molecular weight is 247 g/mol. The topological polar surface area (TPSA) is 52.3 Å². The van der Waals surface area contributed by atoms with Crippen LogP contribution in [0.1, 0.15) is 15.2 Å². The first kappa shape index (κ1) is 11.7. The summed E-state index contributed by atoms with van der Waals surface area (Å²) in [5.41, 5.74) is 6.66. The quantitative estimate of drug-likeness (QED) is 0.667. The van der Waals surface area contributed by atoms with Crippen LogP contribution in [0.4, 0.5) is 5.69 Å². The summed E-state index contributed by atoms with van der Waals surface area (Å²) >= 11 is 1.66. The summed E-state index contributed by atoms with van der Waals surface area (Å²) in [6, 6.07) is 10.8. The van der Waals surface area contributed by atoms with Crippen molar-refractivity contribution in [3.8, 4) is 0 Å². The largest absolute Gasteiger partial charge is 0.462 e. The van der Waals surface area contributed by atoms with Crippen LogP contribution in [0.3, 0.4) is 0 Å². The highest BCUT2D eigenvalue weighted by molar-refractivity contribution is 7.09. The third-order valence-corrected chi connectivity index (χ3v) is 3.22. The van der Waals surface area contributed by atoms with Crippen LogP contribution in [0.15, 0.2) is 41.8 Å². The Morgan fingerprint density at radius 1 is 1.29 bits per heavy atom. The Morgan fingerprint density at radius 2 is 2.18 bits per heavy atom. The molecule has 0 aliphatic rings. The molecule has 17 heavy (non-hydrogen) atoms. The zero-order chi connectivity index (χ0) is 12.1. The second-order valence-electron chi connectivity index (χ2n) is 3.59. The number of nitrogens with two attached hydrogens (primary N) is 1. The maximum Gasteiger partial charge on any atom is 0.338 e. The molecule has 0 aliphatic heterocycles. The van der Waals surface area contributed by atoms with Crippen molar-refractivity contribution in [2.24, 2.45) is 0 Å². The first-order chi connectivity index (χ1) is 8.25. The van der Waals surface area contributed by atoms with Crippen LogP contribution in [0.25, 0.3) is 0 Å². The maximum absolute atomic E-state index is 11.7. The molecule has 1 aromatic heterocycles. The molecule has 0 spiro atoms. The van der Waals surface area contributed by atoms with Gasteiger partial charge in [0.25, 0.3) is 0 Å². The lowest BCUT2D eigenvalue weighted by atomic mass is 10.2. The van der Waals surface area contributed by atoms with Gasteiger partial charge in [-0.2, -0.15) is 0 Å². The van der Waals surface area contributed by atoms with Crippen LogP contribution in [0.2, 0.25) is 0 Å². The van der Waals surface area contributed by atoms with Crippen molar-refractivity contribution in [1.82, 2.24) is 0 Å². The number of hydrogen-bond acceptors (Lipinski definition) is 4. The molecule has 2 N–H and O–H groups in total. The molecule has 0 radical (unpaired) electrons. The van der Waals surface area contributed by atoms with Gasteiger partial charge >= 0.3 is 5.97 Å². The fraction of sp³-hybridized carbons (Fsp3) is 0.154. The first-order valence-electron chi connectivity index (χ1n) is 5.31. The molecule has 0 atom stereocenters. The van der Waals surface area contributed by atoms with Crippen LogP contribution >= 0.6 is 11.3 Å². The molecule has 2 aromatic rings. The fourth-order valence-corrected chi connectivity index (χ4v) is 2.14. The van der Waals surface area contributed by atoms with E-state index in [1.54, 1.807) is 35.6 Å². The van der Waals surface area contributed by atoms with Gasteiger partial charge in [-0.15, -0.1) is 11.3 Å². The Kier molecular flexibility index (Phi) is 3.77. The van der Waals surface area contributed by atoms with Crippen molar-refractivity contribution in [2.45, 2.75) is 6.42 Å². The zero-order valence-electron chi connectivity index (χ0n) is 9.26. The summed E-state index contributed by atoms with van der Waals surface area (Å²) < 4.78 is 5.17. The summed E-state index contributed by atoms with van der Waals surface area (Å²) in [6.45, 7) is 0.397. The second-order valence-corrected chi connectivity index (χ2v) is 4.62. The Balaban J connectivity index is 1.85. The molecule has 88 valence electrons.